The predicted molar refractivity (Wildman–Crippen MR) is 68.1 cm³/mol. The standard InChI is InChI=1S/C14H17FO5/c1-3-19-13(17)11(14(18)20-4-2)12(16)9-6-5-7-10(15)8-9/h5-8,11-12,16H,3-4H2,1-2H3. The highest BCUT2D eigenvalue weighted by Crippen LogP contribution is 2.25. The molecule has 0 aliphatic carbocycles. The van der Waals surface area contributed by atoms with Crippen LogP contribution in [-0.2, 0) is 19.1 Å². The van der Waals surface area contributed by atoms with Gasteiger partial charge in [0.1, 0.15) is 11.9 Å². The summed E-state index contributed by atoms with van der Waals surface area (Å²) in [6.45, 7) is 3.28. The van der Waals surface area contributed by atoms with Crippen LogP contribution in [0, 0.1) is 11.7 Å². The van der Waals surface area contributed by atoms with Crippen LogP contribution in [0.5, 0.6) is 0 Å². The molecule has 0 aliphatic heterocycles. The SMILES string of the molecule is CCOC(=O)C(C(=O)OCC)C(O)c1cccc(F)c1. The summed E-state index contributed by atoms with van der Waals surface area (Å²) in [5.41, 5.74) is 0.108. The van der Waals surface area contributed by atoms with Crippen LogP contribution in [0.25, 0.3) is 0 Å². The Labute approximate surface area is 116 Å². The molecule has 0 heterocycles. The monoisotopic (exact) mass is 284 g/mol. The fraction of sp³-hybridized carbons (Fsp3) is 0.429. The molecule has 1 aromatic rings. The van der Waals surface area contributed by atoms with Crippen LogP contribution < -0.4 is 0 Å². The maximum absolute atomic E-state index is 13.1. The number of ether oxygens (including phenoxy) is 2. The normalized spacial score (nSPS) is 12.1. The van der Waals surface area contributed by atoms with Gasteiger partial charge in [0, 0.05) is 0 Å². The molecule has 0 aliphatic rings. The Kier molecular flexibility index (Phi) is 6.11. The number of halogens is 1. The number of aliphatic hydroxyl groups is 1. The lowest BCUT2D eigenvalue weighted by molar-refractivity contribution is -0.167. The zero-order valence-electron chi connectivity index (χ0n) is 11.3. The minimum Gasteiger partial charge on any atom is -0.465 e. The van der Waals surface area contributed by atoms with Crippen LogP contribution in [0.15, 0.2) is 24.3 Å². The van der Waals surface area contributed by atoms with Crippen molar-refractivity contribution in [2.45, 2.75) is 20.0 Å². The number of carbonyl (C=O) groups is 2. The van der Waals surface area contributed by atoms with Gasteiger partial charge >= 0.3 is 11.9 Å². The molecule has 0 radical (unpaired) electrons. The topological polar surface area (TPSA) is 72.8 Å². The Balaban J connectivity index is 3.02. The number of rotatable bonds is 6. The first-order valence-electron chi connectivity index (χ1n) is 6.28. The fourth-order valence-corrected chi connectivity index (χ4v) is 1.70. The van der Waals surface area contributed by atoms with E-state index in [1.54, 1.807) is 13.8 Å². The third-order valence-electron chi connectivity index (χ3n) is 2.59. The maximum atomic E-state index is 13.1. The summed E-state index contributed by atoms with van der Waals surface area (Å²) in [6.07, 6.45) is -1.52. The zero-order chi connectivity index (χ0) is 15.1. The molecular formula is C14H17FO5. The smallest absolute Gasteiger partial charge is 0.323 e. The molecule has 5 nitrogen and oxygen atoms in total. The van der Waals surface area contributed by atoms with Crippen molar-refractivity contribution >= 4 is 11.9 Å². The predicted octanol–water partition coefficient (Wildman–Crippen LogP) is 1.60. The number of carbonyl (C=O) groups excluding carboxylic acids is 2. The molecule has 0 amide bonds. The van der Waals surface area contributed by atoms with Crippen molar-refractivity contribution < 1.29 is 28.6 Å². The summed E-state index contributed by atoms with van der Waals surface area (Å²) in [5, 5.41) is 10.1. The molecule has 6 heteroatoms. The van der Waals surface area contributed by atoms with E-state index < -0.39 is 29.8 Å². The molecule has 0 spiro atoms. The van der Waals surface area contributed by atoms with E-state index in [9.17, 15) is 19.1 Å². The van der Waals surface area contributed by atoms with E-state index in [2.05, 4.69) is 0 Å². The molecule has 0 bridgehead atoms. The molecule has 0 aromatic heterocycles. The largest absolute Gasteiger partial charge is 0.465 e. The highest BCUT2D eigenvalue weighted by molar-refractivity contribution is 5.95. The molecule has 0 saturated heterocycles. The summed E-state index contributed by atoms with van der Waals surface area (Å²) >= 11 is 0. The molecule has 1 rings (SSSR count). The van der Waals surface area contributed by atoms with Gasteiger partial charge in [-0.1, -0.05) is 12.1 Å². The van der Waals surface area contributed by atoms with Crippen LogP contribution in [0.2, 0.25) is 0 Å². The van der Waals surface area contributed by atoms with Crippen molar-refractivity contribution in [2.24, 2.45) is 5.92 Å². The van der Waals surface area contributed by atoms with Crippen molar-refractivity contribution in [3.05, 3.63) is 35.6 Å². The first-order valence-corrected chi connectivity index (χ1v) is 6.28. The van der Waals surface area contributed by atoms with Gasteiger partial charge in [0.15, 0.2) is 5.92 Å². The van der Waals surface area contributed by atoms with E-state index in [4.69, 9.17) is 9.47 Å². The highest BCUT2D eigenvalue weighted by atomic mass is 19.1. The molecule has 1 aromatic carbocycles. The number of hydrogen-bond acceptors (Lipinski definition) is 5. The molecule has 0 fully saturated rings. The van der Waals surface area contributed by atoms with Gasteiger partial charge in [-0.25, -0.2) is 4.39 Å². The van der Waals surface area contributed by atoms with Gasteiger partial charge in [-0.05, 0) is 31.5 Å². The minimum absolute atomic E-state index is 0.0601. The third-order valence-corrected chi connectivity index (χ3v) is 2.59. The lowest BCUT2D eigenvalue weighted by Crippen LogP contribution is -2.33. The summed E-state index contributed by atoms with van der Waals surface area (Å²) in [5.74, 6) is -3.91. The van der Waals surface area contributed by atoms with Crippen molar-refractivity contribution in [2.75, 3.05) is 13.2 Å². The Morgan fingerprint density at radius 3 is 2.20 bits per heavy atom. The summed E-state index contributed by atoms with van der Waals surface area (Å²) in [7, 11) is 0. The van der Waals surface area contributed by atoms with E-state index in [0.717, 1.165) is 6.07 Å². The van der Waals surface area contributed by atoms with Gasteiger partial charge in [-0.15, -0.1) is 0 Å². The lowest BCUT2D eigenvalue weighted by Gasteiger charge is -2.20. The van der Waals surface area contributed by atoms with E-state index in [0.29, 0.717) is 0 Å². The Bertz CT molecular complexity index is 456. The molecule has 1 unspecified atom stereocenters. The van der Waals surface area contributed by atoms with Gasteiger partial charge in [0.25, 0.3) is 0 Å². The van der Waals surface area contributed by atoms with Crippen molar-refractivity contribution in [3.63, 3.8) is 0 Å². The van der Waals surface area contributed by atoms with Crippen LogP contribution in [0.1, 0.15) is 25.5 Å². The lowest BCUT2D eigenvalue weighted by atomic mass is 9.95. The highest BCUT2D eigenvalue weighted by Gasteiger charge is 2.37. The average molecular weight is 284 g/mol. The average Bonchev–Trinajstić information content (AvgIpc) is 2.39. The first-order chi connectivity index (χ1) is 9.51. The number of benzene rings is 1. The van der Waals surface area contributed by atoms with Gasteiger partial charge in [0.2, 0.25) is 0 Å². The summed E-state index contributed by atoms with van der Waals surface area (Å²) < 4.78 is 22.6. The number of hydrogen-bond donors (Lipinski definition) is 1. The van der Waals surface area contributed by atoms with E-state index >= 15 is 0 Å². The summed E-state index contributed by atoms with van der Waals surface area (Å²) in [4.78, 5) is 23.6. The van der Waals surface area contributed by atoms with Crippen LogP contribution >= 0.6 is 0 Å². The van der Waals surface area contributed by atoms with Crippen LogP contribution in [0.3, 0.4) is 0 Å². The second-order valence-corrected chi connectivity index (χ2v) is 3.98. The summed E-state index contributed by atoms with van der Waals surface area (Å²) in [6, 6.07) is 5.04. The molecule has 1 atom stereocenters. The van der Waals surface area contributed by atoms with E-state index in [1.165, 1.54) is 18.2 Å². The second-order valence-electron chi connectivity index (χ2n) is 3.98. The van der Waals surface area contributed by atoms with Crippen molar-refractivity contribution in [1.82, 2.24) is 0 Å². The third kappa shape index (κ3) is 4.03. The molecular weight excluding hydrogens is 267 g/mol. The quantitative estimate of drug-likeness (QED) is 0.634. The first kappa shape index (κ1) is 16.1. The molecule has 1 N–H and O–H groups in total. The van der Waals surface area contributed by atoms with Gasteiger partial charge < -0.3 is 14.6 Å². The Morgan fingerprint density at radius 1 is 1.20 bits per heavy atom. The molecule has 0 saturated carbocycles. The molecule has 20 heavy (non-hydrogen) atoms. The van der Waals surface area contributed by atoms with Crippen molar-refractivity contribution in [1.29, 1.82) is 0 Å². The van der Waals surface area contributed by atoms with Crippen LogP contribution in [-0.4, -0.2) is 30.3 Å². The maximum Gasteiger partial charge on any atom is 0.323 e. The Hall–Kier alpha value is -1.95. The second kappa shape index (κ2) is 7.59. The van der Waals surface area contributed by atoms with E-state index in [1.807, 2.05) is 0 Å². The fourth-order valence-electron chi connectivity index (χ4n) is 1.70. The van der Waals surface area contributed by atoms with Gasteiger partial charge in [-0.3, -0.25) is 9.59 Å². The molecule has 110 valence electrons. The van der Waals surface area contributed by atoms with Crippen molar-refractivity contribution in [3.8, 4) is 0 Å². The zero-order valence-corrected chi connectivity index (χ0v) is 11.3. The Morgan fingerprint density at radius 2 is 1.75 bits per heavy atom. The van der Waals surface area contributed by atoms with Gasteiger partial charge in [-0.2, -0.15) is 0 Å². The van der Waals surface area contributed by atoms with E-state index in [-0.39, 0.29) is 18.8 Å². The number of esters is 2. The minimum atomic E-state index is -1.53. The van der Waals surface area contributed by atoms with Gasteiger partial charge in [0.05, 0.1) is 13.2 Å². The van der Waals surface area contributed by atoms with Crippen LogP contribution in [0.4, 0.5) is 4.39 Å². The number of aliphatic hydroxyl groups excluding tert-OH is 1.